The van der Waals surface area contributed by atoms with Crippen molar-refractivity contribution in [3.05, 3.63) is 32.1 Å². The van der Waals surface area contributed by atoms with E-state index in [4.69, 9.17) is 9.47 Å². The van der Waals surface area contributed by atoms with Crippen LogP contribution in [0.2, 0.25) is 0 Å². The summed E-state index contributed by atoms with van der Waals surface area (Å²) in [6.07, 6.45) is -0.0541. The molecule has 0 unspecified atom stereocenters. The number of aryl methyl sites for hydroxylation is 1. The first kappa shape index (κ1) is 22.5. The van der Waals surface area contributed by atoms with Crippen LogP contribution in [0, 0.1) is 0 Å². The van der Waals surface area contributed by atoms with Gasteiger partial charge in [0.2, 0.25) is 0 Å². The second kappa shape index (κ2) is 8.53. The minimum absolute atomic E-state index is 0.164. The summed E-state index contributed by atoms with van der Waals surface area (Å²) in [5.41, 5.74) is -0.771. The minimum atomic E-state index is -0.838. The van der Waals surface area contributed by atoms with Crippen LogP contribution >= 0.6 is 11.3 Å². The Labute approximate surface area is 181 Å². The van der Waals surface area contributed by atoms with Gasteiger partial charge >= 0.3 is 29.3 Å². The van der Waals surface area contributed by atoms with Gasteiger partial charge in [-0.05, 0) is 45.0 Å². The summed E-state index contributed by atoms with van der Waals surface area (Å²) in [6, 6.07) is 0. The topological polar surface area (TPSA) is 135 Å². The van der Waals surface area contributed by atoms with Crippen LogP contribution in [0.3, 0.4) is 0 Å². The standard InChI is InChI=1S/C19H24N4O7S/c1-6-28-16(25)12-10-7-8-23(18(27)29-19(2,3)4)9-11(10)31-15(12)20-14(24)13-17(26)30-21-22(13)5/h6-9H2,1-5H3,(H-,20,21,24,25,26)/p+1. The molecule has 0 atom stereocenters. The maximum absolute atomic E-state index is 12.6. The molecule has 0 aromatic carbocycles. The van der Waals surface area contributed by atoms with Crippen molar-refractivity contribution in [2.24, 2.45) is 7.05 Å². The number of ether oxygens (including phenoxy) is 2. The van der Waals surface area contributed by atoms with Crippen molar-refractivity contribution in [1.29, 1.82) is 0 Å². The number of esters is 1. The zero-order valence-electron chi connectivity index (χ0n) is 18.0. The quantitative estimate of drug-likeness (QED) is 0.530. The van der Waals surface area contributed by atoms with Gasteiger partial charge in [-0.15, -0.1) is 11.3 Å². The third-order valence-corrected chi connectivity index (χ3v) is 5.57. The molecule has 11 nitrogen and oxygen atoms in total. The summed E-state index contributed by atoms with van der Waals surface area (Å²) in [5.74, 6) is -1.31. The number of carbonyl (C=O) groups excluding carboxylic acids is 3. The highest BCUT2D eigenvalue weighted by molar-refractivity contribution is 7.17. The van der Waals surface area contributed by atoms with Gasteiger partial charge in [-0.3, -0.25) is 9.32 Å². The van der Waals surface area contributed by atoms with E-state index in [9.17, 15) is 19.2 Å². The number of amides is 2. The Hall–Kier alpha value is -3.15. The Morgan fingerprint density at radius 2 is 2.03 bits per heavy atom. The fourth-order valence-corrected chi connectivity index (χ4v) is 4.39. The Morgan fingerprint density at radius 1 is 1.32 bits per heavy atom. The largest absolute Gasteiger partial charge is 0.462 e. The van der Waals surface area contributed by atoms with E-state index in [1.165, 1.54) is 7.05 Å². The monoisotopic (exact) mass is 453 g/mol. The third-order valence-electron chi connectivity index (χ3n) is 4.43. The minimum Gasteiger partial charge on any atom is -0.462 e. The molecule has 3 heterocycles. The molecule has 12 heteroatoms. The average molecular weight is 453 g/mol. The van der Waals surface area contributed by atoms with Crippen molar-refractivity contribution in [1.82, 2.24) is 10.2 Å². The van der Waals surface area contributed by atoms with E-state index in [0.29, 0.717) is 18.5 Å². The molecule has 2 amide bonds. The van der Waals surface area contributed by atoms with Crippen molar-refractivity contribution < 1.29 is 33.1 Å². The lowest BCUT2D eigenvalue weighted by Crippen LogP contribution is -2.41. The van der Waals surface area contributed by atoms with Crippen molar-refractivity contribution in [3.63, 3.8) is 0 Å². The van der Waals surface area contributed by atoms with E-state index in [-0.39, 0.29) is 29.4 Å². The second-order valence-electron chi connectivity index (χ2n) is 7.92. The Morgan fingerprint density at radius 3 is 2.61 bits per heavy atom. The Balaban J connectivity index is 1.92. The van der Waals surface area contributed by atoms with E-state index in [0.717, 1.165) is 20.9 Å². The third kappa shape index (κ3) is 4.79. The summed E-state index contributed by atoms with van der Waals surface area (Å²) in [5, 5.41) is 5.14. The first-order chi connectivity index (χ1) is 14.5. The lowest BCUT2D eigenvalue weighted by Gasteiger charge is -2.30. The van der Waals surface area contributed by atoms with Gasteiger partial charge in [-0.25, -0.2) is 14.4 Å². The molecular weight excluding hydrogens is 428 g/mol. The van der Waals surface area contributed by atoms with E-state index in [1.54, 1.807) is 32.6 Å². The van der Waals surface area contributed by atoms with Crippen LogP contribution in [-0.4, -0.2) is 46.9 Å². The molecular formula is C19H25N4O7S+. The van der Waals surface area contributed by atoms with Crippen molar-refractivity contribution in [2.45, 2.75) is 46.3 Å². The summed E-state index contributed by atoms with van der Waals surface area (Å²) < 4.78 is 16.4. The first-order valence-electron chi connectivity index (χ1n) is 9.70. The molecule has 0 aliphatic carbocycles. The maximum Gasteiger partial charge on any atom is 0.440 e. The second-order valence-corrected chi connectivity index (χ2v) is 9.03. The van der Waals surface area contributed by atoms with Crippen LogP contribution in [0.4, 0.5) is 9.80 Å². The smallest absolute Gasteiger partial charge is 0.440 e. The van der Waals surface area contributed by atoms with Crippen LogP contribution in [0.1, 0.15) is 59.0 Å². The Bertz CT molecular complexity index is 1080. The van der Waals surface area contributed by atoms with Gasteiger partial charge in [0.25, 0.3) is 0 Å². The summed E-state index contributed by atoms with van der Waals surface area (Å²) in [4.78, 5) is 51.8. The fraction of sp³-hybridized carbons (Fsp3) is 0.526. The molecule has 2 aromatic heterocycles. The van der Waals surface area contributed by atoms with Crippen molar-refractivity contribution in [2.75, 3.05) is 18.5 Å². The van der Waals surface area contributed by atoms with Crippen LogP contribution in [0.5, 0.6) is 0 Å². The van der Waals surface area contributed by atoms with Gasteiger partial charge in [0.1, 0.15) is 10.6 Å². The van der Waals surface area contributed by atoms with E-state index in [2.05, 4.69) is 15.1 Å². The number of rotatable bonds is 4. The number of aromatic nitrogens is 2. The lowest BCUT2D eigenvalue weighted by molar-refractivity contribution is -0.741. The number of hydrogen-bond donors (Lipinski definition) is 2. The highest BCUT2D eigenvalue weighted by atomic mass is 32.1. The number of hydrogen-bond acceptors (Lipinski definition) is 8. The number of H-pyrrole nitrogens is 1. The van der Waals surface area contributed by atoms with Crippen LogP contribution < -0.4 is 15.6 Å². The molecule has 2 N–H and O–H groups in total. The number of aromatic amines is 1. The molecule has 0 bridgehead atoms. The predicted octanol–water partition coefficient (Wildman–Crippen LogP) is 1.58. The average Bonchev–Trinajstić information content (AvgIpc) is 3.18. The lowest BCUT2D eigenvalue weighted by atomic mass is 10.0. The Kier molecular flexibility index (Phi) is 6.20. The van der Waals surface area contributed by atoms with Gasteiger partial charge in [0, 0.05) is 11.4 Å². The molecule has 1 aliphatic heterocycles. The fourth-order valence-electron chi connectivity index (χ4n) is 3.14. The zero-order chi connectivity index (χ0) is 22.9. The van der Waals surface area contributed by atoms with Gasteiger partial charge < -0.3 is 19.7 Å². The number of thiophene rings is 1. The molecule has 0 saturated carbocycles. The molecule has 0 fully saturated rings. The highest BCUT2D eigenvalue weighted by Crippen LogP contribution is 2.38. The number of fused-ring (bicyclic) bond motifs is 1. The van der Waals surface area contributed by atoms with E-state index >= 15 is 0 Å². The molecule has 0 spiro atoms. The van der Waals surface area contributed by atoms with Crippen LogP contribution in [0.15, 0.2) is 9.32 Å². The number of nitrogens with zero attached hydrogens (tertiary/aromatic N) is 2. The van der Waals surface area contributed by atoms with Gasteiger partial charge in [0.05, 0.1) is 18.7 Å². The molecule has 31 heavy (non-hydrogen) atoms. The van der Waals surface area contributed by atoms with Gasteiger partial charge in [0.15, 0.2) is 7.05 Å². The predicted molar refractivity (Wildman–Crippen MR) is 109 cm³/mol. The van der Waals surface area contributed by atoms with Crippen LogP contribution in [-0.2, 0) is 29.5 Å². The molecule has 0 radical (unpaired) electrons. The summed E-state index contributed by atoms with van der Waals surface area (Å²) >= 11 is 1.16. The van der Waals surface area contributed by atoms with Crippen molar-refractivity contribution >= 4 is 34.3 Å². The highest BCUT2D eigenvalue weighted by Gasteiger charge is 2.34. The number of anilines is 1. The normalized spacial score (nSPS) is 13.5. The summed E-state index contributed by atoms with van der Waals surface area (Å²) in [7, 11) is 1.45. The molecule has 168 valence electrons. The maximum atomic E-state index is 12.6. The van der Waals surface area contributed by atoms with Gasteiger partial charge in [-0.2, -0.15) is 0 Å². The van der Waals surface area contributed by atoms with Crippen molar-refractivity contribution in [3.8, 4) is 0 Å². The number of nitrogens with one attached hydrogen (secondary N) is 2. The summed E-state index contributed by atoms with van der Waals surface area (Å²) in [6.45, 7) is 7.80. The zero-order valence-corrected chi connectivity index (χ0v) is 18.8. The SMILES string of the molecule is CCOC(=O)c1c(NC(=O)c2c(=O)o[nH][n+]2C)sc2c1CCN(C(=O)OC(C)(C)C)C2. The first-order valence-corrected chi connectivity index (χ1v) is 10.5. The van der Waals surface area contributed by atoms with Gasteiger partial charge in [-0.1, -0.05) is 4.68 Å². The molecule has 0 saturated heterocycles. The molecule has 3 rings (SSSR count). The molecule has 2 aromatic rings. The number of carbonyl (C=O) groups is 3. The van der Waals surface area contributed by atoms with Crippen LogP contribution in [0.25, 0.3) is 0 Å². The van der Waals surface area contributed by atoms with E-state index in [1.807, 2.05) is 0 Å². The molecule has 1 aliphatic rings. The van der Waals surface area contributed by atoms with E-state index < -0.39 is 29.2 Å².